The molecule has 1 aromatic carbocycles. The van der Waals surface area contributed by atoms with Crippen LogP contribution in [0.3, 0.4) is 0 Å². The fraction of sp³-hybridized carbons (Fsp3) is 0.400. The highest BCUT2D eigenvalue weighted by Crippen LogP contribution is 2.17. The Morgan fingerprint density at radius 2 is 2.17 bits per heavy atom. The lowest BCUT2D eigenvalue weighted by atomic mass is 10.0. The van der Waals surface area contributed by atoms with Gasteiger partial charge in [0.25, 0.3) is 0 Å². The van der Waals surface area contributed by atoms with Gasteiger partial charge < -0.3 is 10.4 Å². The third-order valence-corrected chi connectivity index (χ3v) is 2.42. The fourth-order valence-electron chi connectivity index (χ4n) is 1.75. The summed E-state index contributed by atoms with van der Waals surface area (Å²) in [5, 5.41) is 11.9. The third-order valence-electron chi connectivity index (χ3n) is 2.42. The summed E-state index contributed by atoms with van der Waals surface area (Å²) in [7, 11) is 0. The number of rotatable bonds is 0. The van der Waals surface area contributed by atoms with Crippen molar-refractivity contribution >= 4 is 0 Å². The van der Waals surface area contributed by atoms with E-state index in [2.05, 4.69) is 11.4 Å². The zero-order valence-electron chi connectivity index (χ0n) is 7.03. The lowest BCUT2D eigenvalue weighted by Crippen LogP contribution is -2.85. The Bertz CT molecular complexity index is 272. The Morgan fingerprint density at radius 3 is 3.08 bits per heavy atom. The predicted octanol–water partition coefficient (Wildman–Crippen LogP) is -0.161. The van der Waals surface area contributed by atoms with E-state index in [-0.39, 0.29) is 6.10 Å². The first-order valence-electron chi connectivity index (χ1n) is 4.45. The molecule has 64 valence electrons. The summed E-state index contributed by atoms with van der Waals surface area (Å²) in [5.41, 5.74) is 2.42. The van der Waals surface area contributed by atoms with Crippen LogP contribution in [0.25, 0.3) is 0 Å². The van der Waals surface area contributed by atoms with Crippen molar-refractivity contribution < 1.29 is 10.4 Å². The van der Waals surface area contributed by atoms with E-state index in [1.54, 1.807) is 0 Å². The average Bonchev–Trinajstić information content (AvgIpc) is 2.29. The molecular formula is C10H14NO+. The summed E-state index contributed by atoms with van der Waals surface area (Å²) in [6.07, 6.45) is 0.802. The highest BCUT2D eigenvalue weighted by molar-refractivity contribution is 5.29. The van der Waals surface area contributed by atoms with Gasteiger partial charge in [-0.2, -0.15) is 0 Å². The molecule has 1 unspecified atom stereocenters. The van der Waals surface area contributed by atoms with Gasteiger partial charge in [0.15, 0.2) is 0 Å². The van der Waals surface area contributed by atoms with E-state index in [1.165, 1.54) is 5.56 Å². The third kappa shape index (κ3) is 1.36. The summed E-state index contributed by atoms with van der Waals surface area (Å²) in [6, 6.07) is 8.17. The Balaban J connectivity index is 2.39. The molecule has 1 aliphatic rings. The number of benzene rings is 1. The molecule has 1 aromatic rings. The Kier molecular flexibility index (Phi) is 2.11. The largest absolute Gasteiger partial charge is 0.382 e. The maximum absolute atomic E-state index is 9.71. The second kappa shape index (κ2) is 3.25. The zero-order valence-corrected chi connectivity index (χ0v) is 7.03. The maximum Gasteiger partial charge on any atom is 0.128 e. The molecule has 2 rings (SSSR count). The van der Waals surface area contributed by atoms with E-state index in [9.17, 15) is 5.11 Å². The number of fused-ring (bicyclic) bond motifs is 1. The molecular weight excluding hydrogens is 150 g/mol. The van der Waals surface area contributed by atoms with Crippen molar-refractivity contribution in [3.63, 3.8) is 0 Å². The first-order chi connectivity index (χ1) is 5.88. The molecule has 12 heavy (non-hydrogen) atoms. The number of hydrogen-bond acceptors (Lipinski definition) is 1. The van der Waals surface area contributed by atoms with Crippen molar-refractivity contribution in [2.24, 2.45) is 0 Å². The van der Waals surface area contributed by atoms with Crippen molar-refractivity contribution in [3.8, 4) is 0 Å². The van der Waals surface area contributed by atoms with Crippen LogP contribution >= 0.6 is 0 Å². The summed E-state index contributed by atoms with van der Waals surface area (Å²) in [5.74, 6) is 0. The molecule has 0 amide bonds. The molecule has 0 aromatic heterocycles. The van der Waals surface area contributed by atoms with Gasteiger partial charge in [0, 0.05) is 6.42 Å². The Hall–Kier alpha value is -0.860. The molecule has 1 aliphatic heterocycles. The van der Waals surface area contributed by atoms with E-state index >= 15 is 0 Å². The Morgan fingerprint density at radius 1 is 1.33 bits per heavy atom. The number of aliphatic hydroxyl groups excluding tert-OH is 1. The normalized spacial score (nSPS) is 22.9. The van der Waals surface area contributed by atoms with Crippen LogP contribution in [0.15, 0.2) is 24.3 Å². The van der Waals surface area contributed by atoms with Gasteiger partial charge in [-0.25, -0.2) is 0 Å². The van der Waals surface area contributed by atoms with Crippen LogP contribution in [0.4, 0.5) is 0 Å². The molecule has 0 aliphatic carbocycles. The fourth-order valence-corrected chi connectivity index (χ4v) is 1.75. The highest BCUT2D eigenvalue weighted by Gasteiger charge is 2.16. The van der Waals surface area contributed by atoms with Gasteiger partial charge in [0.05, 0.1) is 6.54 Å². The van der Waals surface area contributed by atoms with Gasteiger partial charge in [0.1, 0.15) is 12.6 Å². The molecule has 0 spiro atoms. The molecule has 1 heterocycles. The van der Waals surface area contributed by atoms with Crippen molar-refractivity contribution in [1.82, 2.24) is 0 Å². The predicted molar refractivity (Wildman–Crippen MR) is 46.8 cm³/mol. The first kappa shape index (κ1) is 7.77. The lowest BCUT2D eigenvalue weighted by Gasteiger charge is -2.07. The molecule has 0 saturated carbocycles. The zero-order chi connectivity index (χ0) is 8.39. The number of aliphatic hydroxyl groups is 1. The molecule has 3 N–H and O–H groups in total. The second-order valence-corrected chi connectivity index (χ2v) is 3.28. The molecule has 0 radical (unpaired) electrons. The smallest absolute Gasteiger partial charge is 0.128 e. The molecule has 2 heteroatoms. The summed E-state index contributed by atoms with van der Waals surface area (Å²) >= 11 is 0. The van der Waals surface area contributed by atoms with Crippen LogP contribution in [0.1, 0.15) is 17.2 Å². The standard InChI is InChI=1S/C10H13NO/c12-10-7-11-6-5-8-3-1-2-4-9(8)10/h1-4,10-12H,5-7H2/p+1. The minimum Gasteiger partial charge on any atom is -0.382 e. The minimum atomic E-state index is -0.274. The first-order valence-corrected chi connectivity index (χ1v) is 4.45. The summed E-state index contributed by atoms with van der Waals surface area (Å²) < 4.78 is 0. The van der Waals surface area contributed by atoms with Crippen LogP contribution in [-0.4, -0.2) is 18.2 Å². The van der Waals surface area contributed by atoms with Crippen LogP contribution in [-0.2, 0) is 6.42 Å². The van der Waals surface area contributed by atoms with Gasteiger partial charge >= 0.3 is 0 Å². The van der Waals surface area contributed by atoms with Crippen LogP contribution < -0.4 is 5.32 Å². The van der Waals surface area contributed by atoms with E-state index in [1.807, 2.05) is 18.2 Å². The molecule has 0 bridgehead atoms. The van der Waals surface area contributed by atoms with E-state index in [0.717, 1.165) is 25.1 Å². The number of hydrogen-bond donors (Lipinski definition) is 2. The molecule has 0 fully saturated rings. The van der Waals surface area contributed by atoms with Gasteiger partial charge in [-0.15, -0.1) is 0 Å². The summed E-state index contributed by atoms with van der Waals surface area (Å²) in [6.45, 7) is 1.89. The monoisotopic (exact) mass is 164 g/mol. The molecule has 1 atom stereocenters. The van der Waals surface area contributed by atoms with Crippen LogP contribution in [0.5, 0.6) is 0 Å². The molecule has 0 saturated heterocycles. The van der Waals surface area contributed by atoms with Gasteiger partial charge in [-0.05, 0) is 11.1 Å². The van der Waals surface area contributed by atoms with Crippen molar-refractivity contribution in [2.75, 3.05) is 13.1 Å². The van der Waals surface area contributed by atoms with Gasteiger partial charge in [-0.1, -0.05) is 24.3 Å². The maximum atomic E-state index is 9.71. The number of nitrogens with two attached hydrogens (primary N) is 1. The van der Waals surface area contributed by atoms with Crippen molar-refractivity contribution in [2.45, 2.75) is 12.5 Å². The highest BCUT2D eigenvalue weighted by atomic mass is 16.3. The van der Waals surface area contributed by atoms with E-state index in [4.69, 9.17) is 0 Å². The van der Waals surface area contributed by atoms with Crippen LogP contribution in [0, 0.1) is 0 Å². The Labute approximate surface area is 72.2 Å². The topological polar surface area (TPSA) is 36.8 Å². The number of quaternary nitrogens is 1. The van der Waals surface area contributed by atoms with Gasteiger partial charge in [-0.3, -0.25) is 0 Å². The van der Waals surface area contributed by atoms with Gasteiger partial charge in [0.2, 0.25) is 0 Å². The SMILES string of the molecule is OC1C[NH2+]CCc2ccccc21. The quantitative estimate of drug-likeness (QED) is 0.549. The minimum absolute atomic E-state index is 0.274. The van der Waals surface area contributed by atoms with E-state index in [0.29, 0.717) is 0 Å². The lowest BCUT2D eigenvalue weighted by molar-refractivity contribution is -0.660. The van der Waals surface area contributed by atoms with Crippen molar-refractivity contribution in [1.29, 1.82) is 0 Å². The van der Waals surface area contributed by atoms with Crippen LogP contribution in [0.2, 0.25) is 0 Å². The average molecular weight is 164 g/mol. The van der Waals surface area contributed by atoms with Crippen molar-refractivity contribution in [3.05, 3.63) is 35.4 Å². The second-order valence-electron chi connectivity index (χ2n) is 3.28. The summed E-state index contributed by atoms with van der Waals surface area (Å²) in [4.78, 5) is 0. The van der Waals surface area contributed by atoms with E-state index < -0.39 is 0 Å². The molecule has 2 nitrogen and oxygen atoms in total.